The number of nitrogens with two attached hydrogens (primary N) is 1. The summed E-state index contributed by atoms with van der Waals surface area (Å²) in [6.07, 6.45) is 2.44. The minimum absolute atomic E-state index is 0.0223. The number of hydrogen-bond donors (Lipinski definition) is 2. The van der Waals surface area contributed by atoms with Crippen LogP contribution in [-0.2, 0) is 9.59 Å². The van der Waals surface area contributed by atoms with Crippen LogP contribution in [0, 0.1) is 17.6 Å². The maximum Gasteiger partial charge on any atom is 0.249 e. The lowest BCUT2D eigenvalue weighted by atomic mass is 10.1. The monoisotopic (exact) mass is 323 g/mol. The Kier molecular flexibility index (Phi) is 4.30. The molecule has 0 spiro atoms. The van der Waals surface area contributed by atoms with Gasteiger partial charge in [-0.15, -0.1) is 0 Å². The molecule has 1 heterocycles. The van der Waals surface area contributed by atoms with Crippen LogP contribution in [0.3, 0.4) is 0 Å². The molecule has 0 radical (unpaired) electrons. The molecule has 124 valence electrons. The Balaban J connectivity index is 1.68. The average Bonchev–Trinajstić information content (AvgIpc) is 3.08. The molecule has 0 bridgehead atoms. The number of halogens is 2. The van der Waals surface area contributed by atoms with Crippen LogP contribution in [0.15, 0.2) is 18.2 Å². The van der Waals surface area contributed by atoms with Gasteiger partial charge in [-0.1, -0.05) is 6.07 Å². The number of benzene rings is 1. The molecule has 3 atom stereocenters. The van der Waals surface area contributed by atoms with Crippen LogP contribution in [0.1, 0.15) is 25.7 Å². The molecular weight excluding hydrogens is 304 g/mol. The predicted molar refractivity (Wildman–Crippen MR) is 80.6 cm³/mol. The van der Waals surface area contributed by atoms with Crippen molar-refractivity contribution in [2.75, 3.05) is 11.4 Å². The molecule has 1 aliphatic carbocycles. The summed E-state index contributed by atoms with van der Waals surface area (Å²) in [6, 6.07) is 2.75. The Bertz CT molecular complexity index is 618. The van der Waals surface area contributed by atoms with Gasteiger partial charge in [0.1, 0.15) is 23.4 Å². The molecule has 5 nitrogen and oxygen atoms in total. The zero-order valence-corrected chi connectivity index (χ0v) is 12.6. The van der Waals surface area contributed by atoms with Crippen LogP contribution in [0.2, 0.25) is 0 Å². The molecule has 0 aromatic heterocycles. The number of amides is 2. The zero-order valence-electron chi connectivity index (χ0n) is 12.6. The predicted octanol–water partition coefficient (Wildman–Crippen LogP) is 1.31. The molecule has 2 amide bonds. The SMILES string of the molecule is NC1CCC(C(=O)NC2CCN(c3c(F)cccc3F)C2=O)C1. The molecular formula is C16H19F2N3O2. The molecule has 1 saturated carbocycles. The van der Waals surface area contributed by atoms with E-state index in [1.807, 2.05) is 0 Å². The van der Waals surface area contributed by atoms with Crippen molar-refractivity contribution in [3.8, 4) is 0 Å². The molecule has 3 unspecified atom stereocenters. The molecule has 2 fully saturated rings. The average molecular weight is 323 g/mol. The smallest absolute Gasteiger partial charge is 0.249 e. The Labute approximate surface area is 132 Å². The molecule has 3 N–H and O–H groups in total. The largest absolute Gasteiger partial charge is 0.344 e. The number of carbonyl (C=O) groups excluding carboxylic acids is 2. The van der Waals surface area contributed by atoms with Gasteiger partial charge in [-0.3, -0.25) is 9.59 Å². The van der Waals surface area contributed by atoms with Crippen LogP contribution in [0.5, 0.6) is 0 Å². The normalized spacial score (nSPS) is 27.5. The molecule has 7 heteroatoms. The lowest BCUT2D eigenvalue weighted by Crippen LogP contribution is -2.44. The van der Waals surface area contributed by atoms with Gasteiger partial charge in [-0.05, 0) is 37.8 Å². The highest BCUT2D eigenvalue weighted by Gasteiger charge is 2.38. The van der Waals surface area contributed by atoms with E-state index in [0.717, 1.165) is 23.5 Å². The highest BCUT2D eigenvalue weighted by molar-refractivity contribution is 6.01. The summed E-state index contributed by atoms with van der Waals surface area (Å²) < 4.78 is 27.6. The molecule has 1 aliphatic heterocycles. The van der Waals surface area contributed by atoms with E-state index in [1.165, 1.54) is 6.07 Å². The topological polar surface area (TPSA) is 75.4 Å². The van der Waals surface area contributed by atoms with Gasteiger partial charge >= 0.3 is 0 Å². The minimum Gasteiger partial charge on any atom is -0.344 e. The summed E-state index contributed by atoms with van der Waals surface area (Å²) in [4.78, 5) is 25.6. The lowest BCUT2D eigenvalue weighted by molar-refractivity contribution is -0.129. The van der Waals surface area contributed by atoms with Gasteiger partial charge in [0, 0.05) is 18.5 Å². The molecule has 23 heavy (non-hydrogen) atoms. The molecule has 1 saturated heterocycles. The van der Waals surface area contributed by atoms with Crippen molar-refractivity contribution in [3.63, 3.8) is 0 Å². The Morgan fingerprint density at radius 3 is 2.52 bits per heavy atom. The first kappa shape index (κ1) is 15.9. The van der Waals surface area contributed by atoms with Crippen LogP contribution < -0.4 is 16.0 Å². The Morgan fingerprint density at radius 1 is 1.22 bits per heavy atom. The van der Waals surface area contributed by atoms with Crippen LogP contribution in [0.4, 0.5) is 14.5 Å². The molecule has 1 aromatic rings. The first-order valence-electron chi connectivity index (χ1n) is 7.78. The Hall–Kier alpha value is -2.02. The first-order valence-corrected chi connectivity index (χ1v) is 7.78. The van der Waals surface area contributed by atoms with Gasteiger partial charge in [0.05, 0.1) is 0 Å². The van der Waals surface area contributed by atoms with E-state index in [1.54, 1.807) is 0 Å². The van der Waals surface area contributed by atoms with Crippen molar-refractivity contribution in [2.24, 2.45) is 11.7 Å². The summed E-state index contributed by atoms with van der Waals surface area (Å²) in [5.41, 5.74) is 5.44. The quantitative estimate of drug-likeness (QED) is 0.881. The first-order chi connectivity index (χ1) is 11.0. The Morgan fingerprint density at radius 2 is 1.91 bits per heavy atom. The number of rotatable bonds is 3. The van der Waals surface area contributed by atoms with Gasteiger partial charge in [0.15, 0.2) is 0 Å². The second kappa shape index (κ2) is 6.23. The van der Waals surface area contributed by atoms with Crippen molar-refractivity contribution in [3.05, 3.63) is 29.8 Å². The van der Waals surface area contributed by atoms with Crippen molar-refractivity contribution in [1.29, 1.82) is 0 Å². The van der Waals surface area contributed by atoms with E-state index in [-0.39, 0.29) is 30.1 Å². The van der Waals surface area contributed by atoms with Crippen LogP contribution in [0.25, 0.3) is 0 Å². The van der Waals surface area contributed by atoms with Gasteiger partial charge in [0.2, 0.25) is 11.8 Å². The summed E-state index contributed by atoms with van der Waals surface area (Å²) in [7, 11) is 0. The number of nitrogens with one attached hydrogen (secondary N) is 1. The van der Waals surface area contributed by atoms with Crippen molar-refractivity contribution < 1.29 is 18.4 Å². The maximum absolute atomic E-state index is 13.8. The fourth-order valence-corrected chi connectivity index (χ4v) is 3.33. The summed E-state index contributed by atoms with van der Waals surface area (Å²) in [5, 5.41) is 2.70. The summed E-state index contributed by atoms with van der Waals surface area (Å²) in [6.45, 7) is 0.172. The van der Waals surface area contributed by atoms with Crippen LogP contribution >= 0.6 is 0 Å². The third-order valence-corrected chi connectivity index (χ3v) is 4.57. The minimum atomic E-state index is -0.785. The number of nitrogens with zero attached hydrogens (tertiary/aromatic N) is 1. The number of carbonyl (C=O) groups is 2. The van der Waals surface area contributed by atoms with Gasteiger partial charge in [0.25, 0.3) is 0 Å². The van der Waals surface area contributed by atoms with Crippen molar-refractivity contribution >= 4 is 17.5 Å². The van der Waals surface area contributed by atoms with Crippen LogP contribution in [-0.4, -0.2) is 30.4 Å². The number of hydrogen-bond acceptors (Lipinski definition) is 3. The maximum atomic E-state index is 13.8. The van der Waals surface area contributed by atoms with E-state index in [2.05, 4.69) is 5.32 Å². The van der Waals surface area contributed by atoms with Gasteiger partial charge in [-0.2, -0.15) is 0 Å². The summed E-state index contributed by atoms with van der Waals surface area (Å²) in [5.74, 6) is -2.44. The van der Waals surface area contributed by atoms with E-state index < -0.39 is 23.6 Å². The van der Waals surface area contributed by atoms with Crippen molar-refractivity contribution in [2.45, 2.75) is 37.8 Å². The second-order valence-electron chi connectivity index (χ2n) is 6.18. The van der Waals surface area contributed by atoms with Gasteiger partial charge < -0.3 is 16.0 Å². The van der Waals surface area contributed by atoms with Gasteiger partial charge in [-0.25, -0.2) is 8.78 Å². The third kappa shape index (κ3) is 3.06. The third-order valence-electron chi connectivity index (χ3n) is 4.57. The number of para-hydroxylation sites is 1. The van der Waals surface area contributed by atoms with Crippen molar-refractivity contribution in [1.82, 2.24) is 5.32 Å². The molecule has 3 rings (SSSR count). The summed E-state index contributed by atoms with van der Waals surface area (Å²) >= 11 is 0. The fraction of sp³-hybridized carbons (Fsp3) is 0.500. The standard InChI is InChI=1S/C16H19F2N3O2/c17-11-2-1-3-12(18)14(11)21-7-6-13(16(21)23)20-15(22)9-4-5-10(19)8-9/h1-3,9-10,13H,4-8,19H2,(H,20,22). The highest BCUT2D eigenvalue weighted by Crippen LogP contribution is 2.28. The van der Waals surface area contributed by atoms with E-state index >= 15 is 0 Å². The lowest BCUT2D eigenvalue weighted by Gasteiger charge is -2.19. The zero-order chi connectivity index (χ0) is 16.6. The highest BCUT2D eigenvalue weighted by atomic mass is 19.1. The van der Waals surface area contributed by atoms with E-state index in [0.29, 0.717) is 19.3 Å². The second-order valence-corrected chi connectivity index (χ2v) is 6.18. The van der Waals surface area contributed by atoms with E-state index in [4.69, 9.17) is 5.73 Å². The van der Waals surface area contributed by atoms with E-state index in [9.17, 15) is 18.4 Å². The molecule has 1 aromatic carbocycles. The number of anilines is 1. The molecule has 2 aliphatic rings. The fourth-order valence-electron chi connectivity index (χ4n) is 3.33.